The van der Waals surface area contributed by atoms with Gasteiger partial charge in [0.15, 0.2) is 0 Å². The Bertz CT molecular complexity index is 3510. The fourth-order valence-corrected chi connectivity index (χ4v) is 11.4. The van der Waals surface area contributed by atoms with Crippen molar-refractivity contribution >= 4 is 102 Å². The zero-order valence-electron chi connectivity index (χ0n) is 31.2. The quantitative estimate of drug-likeness (QED) is 0.167. The number of hydrogen-bond donors (Lipinski definition) is 0. The van der Waals surface area contributed by atoms with E-state index in [4.69, 9.17) is 4.42 Å². The molecule has 12 rings (SSSR count). The molecule has 58 heavy (non-hydrogen) atoms. The van der Waals surface area contributed by atoms with E-state index in [1.165, 1.54) is 62.6 Å². The van der Waals surface area contributed by atoms with Crippen LogP contribution in [0.15, 0.2) is 205 Å². The molecule has 0 amide bonds. The van der Waals surface area contributed by atoms with Gasteiger partial charge in [0.25, 0.3) is 0 Å². The van der Waals surface area contributed by atoms with Gasteiger partial charge in [-0.15, -0.1) is 22.7 Å². The van der Waals surface area contributed by atoms with Crippen LogP contribution in [0.5, 0.6) is 0 Å². The number of nitrogens with zero attached hydrogens (tertiary/aromatic N) is 1. The van der Waals surface area contributed by atoms with Crippen LogP contribution in [-0.4, -0.2) is 0 Å². The lowest BCUT2D eigenvalue weighted by Crippen LogP contribution is -2.12. The monoisotopic (exact) mass is 775 g/mol. The van der Waals surface area contributed by atoms with Crippen molar-refractivity contribution in [3.63, 3.8) is 0 Å². The Morgan fingerprint density at radius 2 is 0.931 bits per heavy atom. The van der Waals surface area contributed by atoms with E-state index in [-0.39, 0.29) is 0 Å². The van der Waals surface area contributed by atoms with Crippen molar-refractivity contribution in [2.45, 2.75) is 0 Å². The minimum Gasteiger partial charge on any atom is -0.455 e. The highest BCUT2D eigenvalue weighted by atomic mass is 32.1. The summed E-state index contributed by atoms with van der Waals surface area (Å²) in [6.07, 6.45) is 0. The zero-order chi connectivity index (χ0) is 38.2. The molecule has 3 heterocycles. The summed E-state index contributed by atoms with van der Waals surface area (Å²) in [5.41, 5.74) is 12.1. The highest BCUT2D eigenvalue weighted by Crippen LogP contribution is 2.55. The van der Waals surface area contributed by atoms with Crippen LogP contribution in [0.3, 0.4) is 0 Å². The van der Waals surface area contributed by atoms with Crippen molar-refractivity contribution < 1.29 is 4.42 Å². The predicted octanol–water partition coefficient (Wildman–Crippen LogP) is 16.8. The van der Waals surface area contributed by atoms with Gasteiger partial charge in [-0.3, -0.25) is 0 Å². The predicted molar refractivity (Wildman–Crippen MR) is 250 cm³/mol. The molecule has 0 unspecified atom stereocenters. The van der Waals surface area contributed by atoms with E-state index in [0.29, 0.717) is 0 Å². The molecule has 12 aromatic rings. The first-order valence-electron chi connectivity index (χ1n) is 19.6. The van der Waals surface area contributed by atoms with Crippen molar-refractivity contribution in [2.75, 3.05) is 4.90 Å². The third-order valence-electron chi connectivity index (χ3n) is 11.5. The van der Waals surface area contributed by atoms with E-state index >= 15 is 0 Å². The van der Waals surface area contributed by atoms with Crippen molar-refractivity contribution in [3.8, 4) is 33.4 Å². The van der Waals surface area contributed by atoms with E-state index < -0.39 is 0 Å². The van der Waals surface area contributed by atoms with Crippen LogP contribution < -0.4 is 4.90 Å². The van der Waals surface area contributed by atoms with Crippen LogP contribution in [0.1, 0.15) is 0 Å². The normalized spacial score (nSPS) is 11.8. The van der Waals surface area contributed by atoms with E-state index in [9.17, 15) is 0 Å². The van der Waals surface area contributed by atoms with Crippen molar-refractivity contribution in [2.24, 2.45) is 0 Å². The highest BCUT2D eigenvalue weighted by molar-refractivity contribution is 7.27. The van der Waals surface area contributed by atoms with Gasteiger partial charge in [-0.25, -0.2) is 0 Å². The number of hydrogen-bond acceptors (Lipinski definition) is 4. The molecule has 3 aromatic heterocycles. The number of fused-ring (bicyclic) bond motifs is 9. The maximum absolute atomic E-state index is 6.94. The van der Waals surface area contributed by atoms with Gasteiger partial charge in [-0.2, -0.15) is 0 Å². The van der Waals surface area contributed by atoms with E-state index in [1.807, 2.05) is 22.7 Å². The SMILES string of the molecule is c1ccc(-c2ccc3sc4c(-c5ccccc5)cccc4c3c2N(c2cccc3c2sc2ccccc23)c2ccc(-c3ccccc3)c3oc4ccccc4c23)cc1. The van der Waals surface area contributed by atoms with Crippen LogP contribution in [0, 0.1) is 0 Å². The Hall–Kier alpha value is -6.98. The Morgan fingerprint density at radius 3 is 1.71 bits per heavy atom. The van der Waals surface area contributed by atoms with Crippen LogP contribution in [0.4, 0.5) is 17.1 Å². The summed E-state index contributed by atoms with van der Waals surface area (Å²) in [4.78, 5) is 2.57. The Morgan fingerprint density at radius 1 is 0.345 bits per heavy atom. The number of rotatable bonds is 6. The van der Waals surface area contributed by atoms with Crippen LogP contribution in [0.25, 0.3) is 95.7 Å². The molecule has 0 fully saturated rings. The first-order chi connectivity index (χ1) is 28.8. The first-order valence-corrected chi connectivity index (χ1v) is 21.2. The van der Waals surface area contributed by atoms with Crippen LogP contribution in [0.2, 0.25) is 0 Å². The molecule has 0 aliphatic rings. The van der Waals surface area contributed by atoms with Gasteiger partial charge in [-0.1, -0.05) is 164 Å². The molecule has 4 heteroatoms. The van der Waals surface area contributed by atoms with Gasteiger partial charge in [0.1, 0.15) is 11.2 Å². The smallest absolute Gasteiger partial charge is 0.145 e. The Kier molecular flexibility index (Phi) is 7.62. The summed E-state index contributed by atoms with van der Waals surface area (Å²) in [5, 5.41) is 7.21. The summed E-state index contributed by atoms with van der Waals surface area (Å²) >= 11 is 3.75. The second-order valence-electron chi connectivity index (χ2n) is 14.7. The van der Waals surface area contributed by atoms with Crippen molar-refractivity contribution in [1.29, 1.82) is 0 Å². The standard InChI is InChI=1S/C54H33NOS2/c1-4-16-34(17-5-1)37-31-33-48-50(43-26-14-24-39(53(43)58-48)36-20-8-3-9-21-36)51(37)55(45-27-15-25-41-40-22-11-13-29-47(40)57-54(41)45)44-32-30-38(35-18-6-2-7-19-35)52-49(44)42-23-10-12-28-46(42)56-52/h1-33H. The van der Waals surface area contributed by atoms with E-state index in [1.54, 1.807) is 0 Å². The summed E-state index contributed by atoms with van der Waals surface area (Å²) < 4.78 is 12.0. The van der Waals surface area contributed by atoms with Crippen LogP contribution >= 0.6 is 22.7 Å². The molecule has 0 atom stereocenters. The van der Waals surface area contributed by atoms with Gasteiger partial charge >= 0.3 is 0 Å². The number of furan rings is 1. The summed E-state index contributed by atoms with van der Waals surface area (Å²) in [7, 11) is 0. The molecule has 0 aliphatic heterocycles. The molecule has 0 bridgehead atoms. The summed E-state index contributed by atoms with van der Waals surface area (Å²) in [6, 6.07) is 72.5. The number of thiophene rings is 2. The molecule has 0 saturated carbocycles. The topological polar surface area (TPSA) is 16.4 Å². The molecule has 0 radical (unpaired) electrons. The largest absolute Gasteiger partial charge is 0.455 e. The third kappa shape index (κ3) is 5.09. The lowest BCUT2D eigenvalue weighted by Gasteiger charge is -2.30. The summed E-state index contributed by atoms with van der Waals surface area (Å²) in [5.74, 6) is 0. The lowest BCUT2D eigenvalue weighted by molar-refractivity contribution is 0.670. The Labute approximate surface area is 343 Å². The number of para-hydroxylation sites is 1. The molecule has 0 N–H and O–H groups in total. The Balaban J connectivity index is 1.28. The van der Waals surface area contributed by atoms with Gasteiger partial charge in [0, 0.05) is 52.2 Å². The molecular formula is C54H33NOS2. The van der Waals surface area contributed by atoms with Gasteiger partial charge in [-0.05, 0) is 58.7 Å². The lowest BCUT2D eigenvalue weighted by atomic mass is 9.95. The molecule has 2 nitrogen and oxygen atoms in total. The van der Waals surface area contributed by atoms with Gasteiger partial charge < -0.3 is 9.32 Å². The molecule has 0 saturated heterocycles. The average Bonchev–Trinajstić information content (AvgIpc) is 4.00. The number of anilines is 3. The maximum atomic E-state index is 6.94. The average molecular weight is 776 g/mol. The van der Waals surface area contributed by atoms with Gasteiger partial charge in [0.05, 0.1) is 27.1 Å². The molecule has 0 aliphatic carbocycles. The van der Waals surface area contributed by atoms with Crippen molar-refractivity contribution in [1.82, 2.24) is 0 Å². The minimum atomic E-state index is 0.872. The van der Waals surface area contributed by atoms with Crippen LogP contribution in [-0.2, 0) is 0 Å². The number of benzene rings is 9. The highest BCUT2D eigenvalue weighted by Gasteiger charge is 2.29. The van der Waals surface area contributed by atoms with E-state index in [0.717, 1.165) is 50.1 Å². The van der Waals surface area contributed by atoms with Gasteiger partial charge in [0.2, 0.25) is 0 Å². The molecule has 9 aromatic carbocycles. The fraction of sp³-hybridized carbons (Fsp3) is 0. The second-order valence-corrected chi connectivity index (χ2v) is 16.8. The molecular weight excluding hydrogens is 743 g/mol. The zero-order valence-corrected chi connectivity index (χ0v) is 32.9. The molecule has 0 spiro atoms. The first kappa shape index (κ1) is 33.2. The third-order valence-corrected chi connectivity index (χ3v) is 13.9. The fourth-order valence-electron chi connectivity index (χ4n) is 8.92. The molecule has 272 valence electrons. The van der Waals surface area contributed by atoms with Crippen molar-refractivity contribution in [3.05, 3.63) is 200 Å². The summed E-state index contributed by atoms with van der Waals surface area (Å²) in [6.45, 7) is 0. The minimum absolute atomic E-state index is 0.872. The van der Waals surface area contributed by atoms with E-state index in [2.05, 4.69) is 205 Å². The second kappa shape index (κ2) is 13.3. The maximum Gasteiger partial charge on any atom is 0.145 e.